The summed E-state index contributed by atoms with van der Waals surface area (Å²) in [6.45, 7) is 2.08. The standard InChI is InChI=1S/C12H20N4S/c1-3-10-15-11(13-2)7-12(16-10)14-9-5-4-6-17-8-9/h7,9H,3-6,8H2,1-2H3,(H2,13,14,15,16). The molecule has 94 valence electrons. The highest BCUT2D eigenvalue weighted by Gasteiger charge is 2.14. The number of aryl methyl sites for hydroxylation is 1. The largest absolute Gasteiger partial charge is 0.373 e. The van der Waals surface area contributed by atoms with Crippen LogP contribution in [0.15, 0.2) is 6.07 Å². The Kier molecular flexibility index (Phi) is 4.48. The minimum absolute atomic E-state index is 0.554. The van der Waals surface area contributed by atoms with E-state index >= 15 is 0 Å². The van der Waals surface area contributed by atoms with E-state index in [0.717, 1.165) is 23.9 Å². The lowest BCUT2D eigenvalue weighted by Crippen LogP contribution is -2.26. The van der Waals surface area contributed by atoms with Crippen LogP contribution in [-0.2, 0) is 6.42 Å². The van der Waals surface area contributed by atoms with Crippen molar-refractivity contribution >= 4 is 23.4 Å². The molecule has 2 N–H and O–H groups in total. The zero-order chi connectivity index (χ0) is 12.1. The molecule has 1 fully saturated rings. The van der Waals surface area contributed by atoms with Gasteiger partial charge in [-0.15, -0.1) is 0 Å². The fraction of sp³-hybridized carbons (Fsp3) is 0.667. The third-order valence-corrected chi connectivity index (χ3v) is 4.07. The fourth-order valence-electron chi connectivity index (χ4n) is 1.92. The summed E-state index contributed by atoms with van der Waals surface area (Å²) in [4.78, 5) is 8.92. The summed E-state index contributed by atoms with van der Waals surface area (Å²) in [6, 6.07) is 2.54. The SMILES string of the molecule is CCc1nc(NC)cc(NC2CCCSC2)n1. The van der Waals surface area contributed by atoms with Crippen molar-refractivity contribution in [3.8, 4) is 0 Å². The van der Waals surface area contributed by atoms with E-state index in [9.17, 15) is 0 Å². The summed E-state index contributed by atoms with van der Waals surface area (Å²) in [7, 11) is 1.89. The third-order valence-electron chi connectivity index (χ3n) is 2.86. The smallest absolute Gasteiger partial charge is 0.132 e. The highest BCUT2D eigenvalue weighted by atomic mass is 32.2. The van der Waals surface area contributed by atoms with Crippen molar-refractivity contribution in [2.45, 2.75) is 32.2 Å². The van der Waals surface area contributed by atoms with Crippen LogP contribution in [0.2, 0.25) is 0 Å². The van der Waals surface area contributed by atoms with Gasteiger partial charge in [0.2, 0.25) is 0 Å². The number of nitrogens with one attached hydrogen (secondary N) is 2. The highest BCUT2D eigenvalue weighted by molar-refractivity contribution is 7.99. The van der Waals surface area contributed by atoms with Gasteiger partial charge in [-0.1, -0.05) is 6.92 Å². The minimum Gasteiger partial charge on any atom is -0.373 e. The number of hydrogen-bond donors (Lipinski definition) is 2. The molecule has 1 atom stereocenters. The number of nitrogens with zero attached hydrogens (tertiary/aromatic N) is 2. The van der Waals surface area contributed by atoms with Gasteiger partial charge in [-0.25, -0.2) is 9.97 Å². The monoisotopic (exact) mass is 252 g/mol. The predicted octanol–water partition coefficient (Wildman–Crippen LogP) is 2.39. The van der Waals surface area contributed by atoms with Gasteiger partial charge in [-0.05, 0) is 18.6 Å². The molecule has 1 aromatic heterocycles. The van der Waals surface area contributed by atoms with E-state index in [1.54, 1.807) is 0 Å². The van der Waals surface area contributed by atoms with Crippen molar-refractivity contribution < 1.29 is 0 Å². The van der Waals surface area contributed by atoms with E-state index in [1.165, 1.54) is 24.3 Å². The van der Waals surface area contributed by atoms with E-state index in [1.807, 2.05) is 24.9 Å². The maximum absolute atomic E-state index is 4.52. The van der Waals surface area contributed by atoms with Crippen LogP contribution in [-0.4, -0.2) is 34.6 Å². The Bertz CT molecular complexity index is 341. The zero-order valence-electron chi connectivity index (χ0n) is 10.5. The van der Waals surface area contributed by atoms with Crippen LogP contribution in [0.5, 0.6) is 0 Å². The number of aromatic nitrogens is 2. The van der Waals surface area contributed by atoms with Crippen LogP contribution < -0.4 is 10.6 Å². The van der Waals surface area contributed by atoms with Crippen molar-refractivity contribution in [3.05, 3.63) is 11.9 Å². The lowest BCUT2D eigenvalue weighted by Gasteiger charge is -2.23. The Balaban J connectivity index is 2.07. The first-order valence-electron chi connectivity index (χ1n) is 6.21. The molecular formula is C12H20N4S. The average molecular weight is 252 g/mol. The predicted molar refractivity (Wildman–Crippen MR) is 74.9 cm³/mol. The molecule has 4 nitrogen and oxygen atoms in total. The van der Waals surface area contributed by atoms with Crippen LogP contribution in [0.1, 0.15) is 25.6 Å². The minimum atomic E-state index is 0.554. The van der Waals surface area contributed by atoms with Crippen molar-refractivity contribution in [3.63, 3.8) is 0 Å². The Hall–Kier alpha value is -0.970. The summed E-state index contributed by atoms with van der Waals surface area (Å²) in [5.41, 5.74) is 0. The molecule has 1 saturated heterocycles. The van der Waals surface area contributed by atoms with E-state index in [0.29, 0.717) is 6.04 Å². The molecule has 5 heteroatoms. The summed E-state index contributed by atoms with van der Waals surface area (Å²) < 4.78 is 0. The molecule has 0 aliphatic carbocycles. The average Bonchev–Trinajstić information content (AvgIpc) is 2.39. The Morgan fingerprint density at radius 2 is 2.24 bits per heavy atom. The van der Waals surface area contributed by atoms with Gasteiger partial charge in [0.25, 0.3) is 0 Å². The van der Waals surface area contributed by atoms with Gasteiger partial charge in [0.05, 0.1) is 0 Å². The van der Waals surface area contributed by atoms with E-state index < -0.39 is 0 Å². The maximum Gasteiger partial charge on any atom is 0.132 e. The first-order chi connectivity index (χ1) is 8.31. The molecule has 1 aromatic rings. The van der Waals surface area contributed by atoms with Crippen molar-refractivity contribution in [1.82, 2.24) is 9.97 Å². The van der Waals surface area contributed by atoms with Crippen molar-refractivity contribution in [2.24, 2.45) is 0 Å². The fourth-order valence-corrected chi connectivity index (χ4v) is 2.99. The van der Waals surface area contributed by atoms with Crippen LogP contribution >= 0.6 is 11.8 Å². The molecule has 2 heterocycles. The molecule has 17 heavy (non-hydrogen) atoms. The molecule has 0 saturated carbocycles. The Morgan fingerprint density at radius 1 is 1.41 bits per heavy atom. The molecule has 0 bridgehead atoms. The van der Waals surface area contributed by atoms with E-state index in [4.69, 9.17) is 0 Å². The third kappa shape index (κ3) is 3.49. The van der Waals surface area contributed by atoms with Gasteiger partial charge in [0.15, 0.2) is 0 Å². The molecule has 1 aliphatic heterocycles. The van der Waals surface area contributed by atoms with Gasteiger partial charge in [0.1, 0.15) is 17.5 Å². The number of rotatable bonds is 4. The maximum atomic E-state index is 4.52. The second-order valence-electron chi connectivity index (χ2n) is 4.22. The van der Waals surface area contributed by atoms with Crippen molar-refractivity contribution in [1.29, 1.82) is 0 Å². The van der Waals surface area contributed by atoms with Crippen molar-refractivity contribution in [2.75, 3.05) is 29.2 Å². The van der Waals surface area contributed by atoms with E-state index in [2.05, 4.69) is 27.5 Å². The molecule has 2 rings (SSSR count). The number of anilines is 2. The van der Waals surface area contributed by atoms with Gasteiger partial charge in [-0.2, -0.15) is 11.8 Å². The summed E-state index contributed by atoms with van der Waals surface area (Å²) >= 11 is 2.02. The van der Waals surface area contributed by atoms with Gasteiger partial charge in [0, 0.05) is 31.3 Å². The molecule has 0 spiro atoms. The molecule has 1 unspecified atom stereocenters. The quantitative estimate of drug-likeness (QED) is 0.861. The van der Waals surface area contributed by atoms with Gasteiger partial charge < -0.3 is 10.6 Å². The lowest BCUT2D eigenvalue weighted by molar-refractivity contribution is 0.681. The molecule has 1 aliphatic rings. The first-order valence-corrected chi connectivity index (χ1v) is 7.37. The van der Waals surface area contributed by atoms with Crippen LogP contribution in [0, 0.1) is 0 Å². The molecular weight excluding hydrogens is 232 g/mol. The lowest BCUT2D eigenvalue weighted by atomic mass is 10.2. The number of hydrogen-bond acceptors (Lipinski definition) is 5. The normalized spacial score (nSPS) is 20.0. The van der Waals surface area contributed by atoms with Crippen LogP contribution in [0.25, 0.3) is 0 Å². The zero-order valence-corrected chi connectivity index (χ0v) is 11.3. The highest BCUT2D eigenvalue weighted by Crippen LogP contribution is 2.21. The van der Waals surface area contributed by atoms with E-state index in [-0.39, 0.29) is 0 Å². The molecule has 0 radical (unpaired) electrons. The second-order valence-corrected chi connectivity index (χ2v) is 5.37. The summed E-state index contributed by atoms with van der Waals surface area (Å²) in [5, 5.41) is 6.60. The molecule has 0 amide bonds. The van der Waals surface area contributed by atoms with Gasteiger partial charge in [-0.3, -0.25) is 0 Å². The van der Waals surface area contributed by atoms with Crippen LogP contribution in [0.4, 0.5) is 11.6 Å². The Morgan fingerprint density at radius 3 is 2.88 bits per heavy atom. The van der Waals surface area contributed by atoms with Crippen LogP contribution in [0.3, 0.4) is 0 Å². The summed E-state index contributed by atoms with van der Waals surface area (Å²) in [6.07, 6.45) is 3.41. The topological polar surface area (TPSA) is 49.8 Å². The number of thioether (sulfide) groups is 1. The summed E-state index contributed by atoms with van der Waals surface area (Å²) in [5.74, 6) is 5.21. The second kappa shape index (κ2) is 6.10. The Labute approximate surface area is 107 Å². The first kappa shape index (κ1) is 12.5. The van der Waals surface area contributed by atoms with Gasteiger partial charge >= 0.3 is 0 Å². The molecule has 0 aromatic carbocycles.